The van der Waals surface area contributed by atoms with Gasteiger partial charge in [-0.2, -0.15) is 10.2 Å². The molecule has 2 heterocycles. The summed E-state index contributed by atoms with van der Waals surface area (Å²) in [4.78, 5) is 9.73. The molecule has 66 valence electrons. The average molecular weight is 193 g/mol. The van der Waals surface area contributed by atoms with Crippen LogP contribution in [0.2, 0.25) is 0 Å². The van der Waals surface area contributed by atoms with E-state index in [0.717, 1.165) is 5.16 Å². The van der Waals surface area contributed by atoms with E-state index in [1.165, 1.54) is 16.6 Å². The monoisotopic (exact) mass is 193 g/mol. The molecule has 0 aliphatic heterocycles. The van der Waals surface area contributed by atoms with Crippen molar-refractivity contribution in [1.82, 2.24) is 25.0 Å². The van der Waals surface area contributed by atoms with E-state index < -0.39 is 0 Å². The third-order valence-corrected chi connectivity index (χ3v) is 1.99. The Hall–Kier alpha value is -1.43. The Morgan fingerprint density at radius 2 is 2.00 bits per heavy atom. The van der Waals surface area contributed by atoms with Gasteiger partial charge in [-0.05, 0) is 6.26 Å². The summed E-state index contributed by atoms with van der Waals surface area (Å²) in [6.45, 7) is 0. The molecular weight excluding hydrogens is 186 g/mol. The van der Waals surface area contributed by atoms with Gasteiger partial charge in [0, 0.05) is 12.3 Å². The molecule has 0 radical (unpaired) electrons. The summed E-state index contributed by atoms with van der Waals surface area (Å²) < 4.78 is 0. The van der Waals surface area contributed by atoms with Crippen LogP contribution in [0.5, 0.6) is 0 Å². The molecule has 6 heteroatoms. The Morgan fingerprint density at radius 3 is 2.69 bits per heavy atom. The fraction of sp³-hybridized carbons (Fsp3) is 0.143. The minimum Gasteiger partial charge on any atom is -0.231 e. The molecular formula is C7H7N5S. The maximum absolute atomic E-state index is 4.22. The molecule has 0 saturated heterocycles. The number of hydrogen-bond donors (Lipinski definition) is 0. The molecule has 0 spiro atoms. The summed E-state index contributed by atoms with van der Waals surface area (Å²) in [5.74, 6) is 0.685. The predicted octanol–water partition coefficient (Wildman–Crippen LogP) is 0.779. The molecule has 0 aliphatic carbocycles. The van der Waals surface area contributed by atoms with Crippen LogP contribution in [-0.4, -0.2) is 31.2 Å². The van der Waals surface area contributed by atoms with Crippen LogP contribution in [0.15, 0.2) is 29.8 Å². The van der Waals surface area contributed by atoms with E-state index in [-0.39, 0.29) is 0 Å². The van der Waals surface area contributed by atoms with Crippen LogP contribution >= 0.6 is 11.8 Å². The largest absolute Gasteiger partial charge is 0.231 e. The third-order valence-electron chi connectivity index (χ3n) is 1.43. The molecule has 13 heavy (non-hydrogen) atoms. The summed E-state index contributed by atoms with van der Waals surface area (Å²) in [7, 11) is 0. The number of hydrogen-bond acceptors (Lipinski definition) is 5. The van der Waals surface area contributed by atoms with Gasteiger partial charge in [-0.1, -0.05) is 11.8 Å². The Balaban J connectivity index is 2.41. The maximum atomic E-state index is 4.22. The normalized spacial score (nSPS) is 10.2. The quantitative estimate of drug-likeness (QED) is 0.521. The van der Waals surface area contributed by atoms with Crippen molar-refractivity contribution in [2.24, 2.45) is 0 Å². The molecule has 2 aromatic rings. The molecule has 0 aliphatic rings. The molecule has 5 nitrogen and oxygen atoms in total. The lowest BCUT2D eigenvalue weighted by Crippen LogP contribution is -2.02. The molecule has 0 fully saturated rings. The van der Waals surface area contributed by atoms with Gasteiger partial charge in [0.25, 0.3) is 0 Å². The van der Waals surface area contributed by atoms with Gasteiger partial charge in [0.1, 0.15) is 0 Å². The van der Waals surface area contributed by atoms with E-state index >= 15 is 0 Å². The molecule has 0 unspecified atom stereocenters. The number of aromatic nitrogens is 5. The molecule has 0 aromatic carbocycles. The second-order valence-corrected chi connectivity index (χ2v) is 2.99. The summed E-state index contributed by atoms with van der Waals surface area (Å²) in [5, 5.41) is 8.65. The van der Waals surface area contributed by atoms with Crippen LogP contribution in [0.3, 0.4) is 0 Å². The van der Waals surface area contributed by atoms with Gasteiger partial charge in [0.2, 0.25) is 0 Å². The Morgan fingerprint density at radius 1 is 1.23 bits per heavy atom. The van der Waals surface area contributed by atoms with Crippen molar-refractivity contribution < 1.29 is 0 Å². The third kappa shape index (κ3) is 1.67. The zero-order chi connectivity index (χ0) is 9.10. The SMILES string of the molecule is CSc1nccc(-n2nccn2)n1. The smallest absolute Gasteiger partial charge is 0.189 e. The lowest BCUT2D eigenvalue weighted by Gasteiger charge is -1.98. The standard InChI is InChI=1S/C7H7N5S/c1-13-7-8-3-2-6(11-7)12-9-4-5-10-12/h2-5H,1H3. The second-order valence-electron chi connectivity index (χ2n) is 2.22. The van der Waals surface area contributed by atoms with Crippen LogP contribution in [0.4, 0.5) is 0 Å². The highest BCUT2D eigenvalue weighted by molar-refractivity contribution is 7.98. The maximum Gasteiger partial charge on any atom is 0.189 e. The topological polar surface area (TPSA) is 56.5 Å². The number of rotatable bonds is 2. The summed E-state index contributed by atoms with van der Waals surface area (Å²) in [6, 6.07) is 1.76. The fourth-order valence-electron chi connectivity index (χ4n) is 0.876. The molecule has 2 aromatic heterocycles. The van der Waals surface area contributed by atoms with Crippen molar-refractivity contribution in [3.05, 3.63) is 24.7 Å². The van der Waals surface area contributed by atoms with Gasteiger partial charge in [-0.3, -0.25) is 0 Å². The molecule has 0 atom stereocenters. The molecule has 0 amide bonds. The fourth-order valence-corrected chi connectivity index (χ4v) is 1.23. The van der Waals surface area contributed by atoms with Crippen LogP contribution in [0.25, 0.3) is 5.82 Å². The van der Waals surface area contributed by atoms with Gasteiger partial charge in [-0.15, -0.1) is 4.80 Å². The Kier molecular flexibility index (Phi) is 2.22. The van der Waals surface area contributed by atoms with Gasteiger partial charge in [0.05, 0.1) is 12.4 Å². The number of nitrogens with zero attached hydrogens (tertiary/aromatic N) is 5. The predicted molar refractivity (Wildman–Crippen MR) is 48.7 cm³/mol. The molecule has 0 N–H and O–H groups in total. The van der Waals surface area contributed by atoms with Crippen LogP contribution < -0.4 is 0 Å². The highest BCUT2D eigenvalue weighted by Crippen LogP contribution is 2.08. The van der Waals surface area contributed by atoms with Gasteiger partial charge >= 0.3 is 0 Å². The van der Waals surface area contributed by atoms with Crippen LogP contribution in [-0.2, 0) is 0 Å². The Labute approximate surface area is 79.2 Å². The van der Waals surface area contributed by atoms with E-state index in [1.807, 2.05) is 6.26 Å². The van der Waals surface area contributed by atoms with Crippen molar-refractivity contribution >= 4 is 11.8 Å². The zero-order valence-corrected chi connectivity index (χ0v) is 7.77. The highest BCUT2D eigenvalue weighted by Gasteiger charge is 2.00. The summed E-state index contributed by atoms with van der Waals surface area (Å²) in [5.41, 5.74) is 0. The van der Waals surface area contributed by atoms with E-state index in [0.29, 0.717) is 5.82 Å². The first-order chi connectivity index (χ1) is 6.40. The van der Waals surface area contributed by atoms with Crippen molar-refractivity contribution in [2.75, 3.05) is 6.26 Å². The van der Waals surface area contributed by atoms with E-state index in [2.05, 4.69) is 20.2 Å². The van der Waals surface area contributed by atoms with Crippen LogP contribution in [0, 0.1) is 0 Å². The first kappa shape index (κ1) is 8.18. The minimum atomic E-state index is 0.685. The average Bonchev–Trinajstić information content (AvgIpc) is 2.71. The van der Waals surface area contributed by atoms with Gasteiger partial charge < -0.3 is 0 Å². The van der Waals surface area contributed by atoms with Crippen molar-refractivity contribution in [1.29, 1.82) is 0 Å². The van der Waals surface area contributed by atoms with E-state index in [9.17, 15) is 0 Å². The highest BCUT2D eigenvalue weighted by atomic mass is 32.2. The van der Waals surface area contributed by atoms with E-state index in [1.54, 1.807) is 24.7 Å². The van der Waals surface area contributed by atoms with Gasteiger partial charge in [0.15, 0.2) is 11.0 Å². The molecule has 0 saturated carbocycles. The van der Waals surface area contributed by atoms with Crippen LogP contribution in [0.1, 0.15) is 0 Å². The van der Waals surface area contributed by atoms with E-state index in [4.69, 9.17) is 0 Å². The lowest BCUT2D eigenvalue weighted by atomic mass is 10.6. The minimum absolute atomic E-state index is 0.685. The Bertz CT molecular complexity index is 386. The second kappa shape index (κ2) is 3.53. The van der Waals surface area contributed by atoms with Crippen molar-refractivity contribution in [2.45, 2.75) is 5.16 Å². The molecule has 2 rings (SSSR count). The lowest BCUT2D eigenvalue weighted by molar-refractivity contribution is 0.711. The molecule has 0 bridgehead atoms. The first-order valence-corrected chi connectivity index (χ1v) is 4.86. The zero-order valence-electron chi connectivity index (χ0n) is 6.95. The first-order valence-electron chi connectivity index (χ1n) is 3.64. The summed E-state index contributed by atoms with van der Waals surface area (Å²) in [6.07, 6.45) is 6.84. The van der Waals surface area contributed by atoms with Crippen molar-refractivity contribution in [3.8, 4) is 5.82 Å². The summed E-state index contributed by atoms with van der Waals surface area (Å²) >= 11 is 1.49. The van der Waals surface area contributed by atoms with Gasteiger partial charge in [-0.25, -0.2) is 9.97 Å². The van der Waals surface area contributed by atoms with Crippen molar-refractivity contribution in [3.63, 3.8) is 0 Å². The number of thioether (sulfide) groups is 1.